The summed E-state index contributed by atoms with van der Waals surface area (Å²) in [6, 6.07) is 0. The molecule has 0 radical (unpaired) electrons. The highest BCUT2D eigenvalue weighted by Crippen LogP contribution is 2.24. The van der Waals surface area contributed by atoms with Gasteiger partial charge in [0, 0.05) is 12.7 Å². The van der Waals surface area contributed by atoms with Crippen molar-refractivity contribution in [2.45, 2.75) is 52.5 Å². The Balaban J connectivity index is 1.95. The van der Waals surface area contributed by atoms with E-state index in [2.05, 4.69) is 29.8 Å². The molecule has 1 aliphatic rings. The van der Waals surface area contributed by atoms with Gasteiger partial charge in [-0.1, -0.05) is 19.3 Å². The van der Waals surface area contributed by atoms with E-state index in [9.17, 15) is 0 Å². The van der Waals surface area contributed by atoms with Gasteiger partial charge in [-0.3, -0.25) is 4.68 Å². The van der Waals surface area contributed by atoms with Crippen molar-refractivity contribution in [2.24, 2.45) is 5.92 Å². The Morgan fingerprint density at radius 3 is 2.57 bits per heavy atom. The van der Waals surface area contributed by atoms with E-state index in [0.29, 0.717) is 0 Å². The molecular weight excluding hydrogens is 172 g/mol. The van der Waals surface area contributed by atoms with Crippen LogP contribution in [0.15, 0.2) is 6.20 Å². The molecule has 0 saturated heterocycles. The first-order chi connectivity index (χ1) is 6.75. The maximum atomic E-state index is 4.52. The molecule has 1 saturated carbocycles. The number of hydrogen-bond acceptors (Lipinski definition) is 1. The summed E-state index contributed by atoms with van der Waals surface area (Å²) < 4.78 is 2.14. The summed E-state index contributed by atoms with van der Waals surface area (Å²) in [5.41, 5.74) is 2.50. The number of nitrogens with zero attached hydrogens (tertiary/aromatic N) is 2. The topological polar surface area (TPSA) is 17.8 Å². The number of rotatable bonds is 2. The van der Waals surface area contributed by atoms with Crippen molar-refractivity contribution in [2.75, 3.05) is 0 Å². The Kier molecular flexibility index (Phi) is 2.90. The van der Waals surface area contributed by atoms with Gasteiger partial charge < -0.3 is 0 Å². The predicted molar refractivity (Wildman–Crippen MR) is 58.3 cm³/mol. The second-order valence-corrected chi connectivity index (χ2v) is 4.62. The lowest BCUT2D eigenvalue weighted by Crippen LogP contribution is -2.14. The molecule has 1 aromatic heterocycles. The van der Waals surface area contributed by atoms with Crippen LogP contribution < -0.4 is 0 Å². The molecule has 0 amide bonds. The third-order valence-electron chi connectivity index (χ3n) is 3.36. The van der Waals surface area contributed by atoms with E-state index < -0.39 is 0 Å². The van der Waals surface area contributed by atoms with Crippen LogP contribution in [0.3, 0.4) is 0 Å². The Bertz CT molecular complexity index is 276. The fourth-order valence-corrected chi connectivity index (χ4v) is 2.35. The van der Waals surface area contributed by atoms with Gasteiger partial charge in [0.05, 0.1) is 5.69 Å². The third kappa shape index (κ3) is 2.17. The van der Waals surface area contributed by atoms with Crippen LogP contribution in [0.5, 0.6) is 0 Å². The van der Waals surface area contributed by atoms with Gasteiger partial charge in [-0.25, -0.2) is 0 Å². The highest BCUT2D eigenvalue weighted by Gasteiger charge is 2.14. The molecule has 0 atom stereocenters. The van der Waals surface area contributed by atoms with Crippen molar-refractivity contribution in [1.82, 2.24) is 9.78 Å². The van der Waals surface area contributed by atoms with Crippen LogP contribution in [0, 0.1) is 19.8 Å². The average Bonchev–Trinajstić information content (AvgIpc) is 2.47. The standard InChI is InChI=1S/C12H20N2/c1-10-8-14(13-11(10)2)9-12-6-4-3-5-7-12/h8,12H,3-7,9H2,1-2H3. The van der Waals surface area contributed by atoms with E-state index in [4.69, 9.17) is 0 Å². The molecule has 14 heavy (non-hydrogen) atoms. The Hall–Kier alpha value is -0.790. The average molecular weight is 192 g/mol. The summed E-state index contributed by atoms with van der Waals surface area (Å²) in [6.07, 6.45) is 9.27. The third-order valence-corrected chi connectivity index (χ3v) is 3.36. The first kappa shape index (κ1) is 9.75. The fourth-order valence-electron chi connectivity index (χ4n) is 2.35. The van der Waals surface area contributed by atoms with Crippen LogP contribution in [0.1, 0.15) is 43.4 Å². The molecule has 0 aromatic carbocycles. The lowest BCUT2D eigenvalue weighted by molar-refractivity contribution is 0.307. The molecule has 0 bridgehead atoms. The largest absolute Gasteiger partial charge is 0.272 e. The Morgan fingerprint density at radius 2 is 2.00 bits per heavy atom. The number of aryl methyl sites for hydroxylation is 2. The monoisotopic (exact) mass is 192 g/mol. The molecule has 0 unspecified atom stereocenters. The molecule has 2 heteroatoms. The van der Waals surface area contributed by atoms with Gasteiger partial charge in [0.25, 0.3) is 0 Å². The molecule has 2 rings (SSSR count). The second kappa shape index (κ2) is 4.16. The highest BCUT2D eigenvalue weighted by molar-refractivity contribution is 5.12. The van der Waals surface area contributed by atoms with E-state index in [0.717, 1.165) is 12.5 Å². The zero-order valence-corrected chi connectivity index (χ0v) is 9.29. The molecular formula is C12H20N2. The summed E-state index contributed by atoms with van der Waals surface area (Å²) >= 11 is 0. The second-order valence-electron chi connectivity index (χ2n) is 4.62. The first-order valence-electron chi connectivity index (χ1n) is 5.76. The zero-order chi connectivity index (χ0) is 9.97. The molecule has 2 nitrogen and oxygen atoms in total. The van der Waals surface area contributed by atoms with E-state index >= 15 is 0 Å². The van der Waals surface area contributed by atoms with Crippen LogP contribution in [0.2, 0.25) is 0 Å². The minimum atomic E-state index is 0.877. The van der Waals surface area contributed by atoms with E-state index in [1.165, 1.54) is 43.4 Å². The summed E-state index contributed by atoms with van der Waals surface area (Å²) in [4.78, 5) is 0. The Labute approximate surface area is 86.3 Å². The van der Waals surface area contributed by atoms with Gasteiger partial charge in [-0.05, 0) is 38.2 Å². The molecule has 1 aromatic rings. The number of hydrogen-bond donors (Lipinski definition) is 0. The van der Waals surface area contributed by atoms with Crippen molar-refractivity contribution in [1.29, 1.82) is 0 Å². The Morgan fingerprint density at radius 1 is 1.29 bits per heavy atom. The van der Waals surface area contributed by atoms with Gasteiger partial charge in [-0.15, -0.1) is 0 Å². The van der Waals surface area contributed by atoms with Gasteiger partial charge in [0.1, 0.15) is 0 Å². The lowest BCUT2D eigenvalue weighted by Gasteiger charge is -2.21. The van der Waals surface area contributed by atoms with Crippen LogP contribution in [-0.4, -0.2) is 9.78 Å². The molecule has 1 fully saturated rings. The lowest BCUT2D eigenvalue weighted by atomic mass is 9.89. The van der Waals surface area contributed by atoms with Gasteiger partial charge >= 0.3 is 0 Å². The predicted octanol–water partition coefficient (Wildman–Crippen LogP) is 3.08. The fraction of sp³-hybridized carbons (Fsp3) is 0.750. The summed E-state index contributed by atoms with van der Waals surface area (Å²) in [5, 5.41) is 4.52. The van der Waals surface area contributed by atoms with E-state index in [1.54, 1.807) is 0 Å². The van der Waals surface area contributed by atoms with Gasteiger partial charge in [0.2, 0.25) is 0 Å². The van der Waals surface area contributed by atoms with Gasteiger partial charge in [0.15, 0.2) is 0 Å². The van der Waals surface area contributed by atoms with Crippen molar-refractivity contribution < 1.29 is 0 Å². The molecule has 0 spiro atoms. The van der Waals surface area contributed by atoms with Crippen molar-refractivity contribution in [3.8, 4) is 0 Å². The summed E-state index contributed by atoms with van der Waals surface area (Å²) in [7, 11) is 0. The summed E-state index contributed by atoms with van der Waals surface area (Å²) in [6.45, 7) is 5.36. The van der Waals surface area contributed by atoms with Crippen molar-refractivity contribution in [3.63, 3.8) is 0 Å². The number of aromatic nitrogens is 2. The summed E-state index contributed by atoms with van der Waals surface area (Å²) in [5.74, 6) is 0.877. The van der Waals surface area contributed by atoms with Crippen molar-refractivity contribution in [3.05, 3.63) is 17.5 Å². The maximum absolute atomic E-state index is 4.52. The van der Waals surface area contributed by atoms with E-state index in [-0.39, 0.29) is 0 Å². The van der Waals surface area contributed by atoms with Crippen molar-refractivity contribution >= 4 is 0 Å². The molecule has 1 heterocycles. The van der Waals surface area contributed by atoms with Crippen LogP contribution in [0.4, 0.5) is 0 Å². The smallest absolute Gasteiger partial charge is 0.0622 e. The minimum Gasteiger partial charge on any atom is -0.272 e. The van der Waals surface area contributed by atoms with Crippen LogP contribution >= 0.6 is 0 Å². The SMILES string of the molecule is Cc1cn(CC2CCCCC2)nc1C. The first-order valence-corrected chi connectivity index (χ1v) is 5.76. The zero-order valence-electron chi connectivity index (χ0n) is 9.29. The highest BCUT2D eigenvalue weighted by atomic mass is 15.3. The van der Waals surface area contributed by atoms with Crippen LogP contribution in [0.25, 0.3) is 0 Å². The minimum absolute atomic E-state index is 0.877. The maximum Gasteiger partial charge on any atom is 0.0622 e. The molecule has 0 aliphatic heterocycles. The van der Waals surface area contributed by atoms with Crippen LogP contribution in [-0.2, 0) is 6.54 Å². The molecule has 1 aliphatic carbocycles. The van der Waals surface area contributed by atoms with Gasteiger partial charge in [-0.2, -0.15) is 5.10 Å². The van der Waals surface area contributed by atoms with E-state index in [1.807, 2.05) is 0 Å². The molecule has 78 valence electrons. The molecule has 0 N–H and O–H groups in total. The quantitative estimate of drug-likeness (QED) is 0.704. The normalized spacial score (nSPS) is 18.7.